The summed E-state index contributed by atoms with van der Waals surface area (Å²) in [6.07, 6.45) is 1.74. The molecule has 0 unspecified atom stereocenters. The highest BCUT2D eigenvalue weighted by atomic mass is 35.5. The van der Waals surface area contributed by atoms with Crippen LogP contribution in [0.2, 0.25) is 5.02 Å². The van der Waals surface area contributed by atoms with Gasteiger partial charge in [-0.25, -0.2) is 0 Å². The van der Waals surface area contributed by atoms with Gasteiger partial charge < -0.3 is 10.3 Å². The van der Waals surface area contributed by atoms with Crippen molar-refractivity contribution in [1.82, 2.24) is 10.3 Å². The third-order valence-electron chi connectivity index (χ3n) is 5.44. The number of nitrogens with one attached hydrogen (secondary N) is 2. The van der Waals surface area contributed by atoms with Crippen molar-refractivity contribution in [1.29, 1.82) is 0 Å². The van der Waals surface area contributed by atoms with Crippen LogP contribution in [0.15, 0.2) is 72.8 Å². The molecule has 1 heterocycles. The summed E-state index contributed by atoms with van der Waals surface area (Å²) in [5.41, 5.74) is 6.02. The van der Waals surface area contributed by atoms with Gasteiger partial charge in [-0.15, -0.1) is 0 Å². The lowest BCUT2D eigenvalue weighted by Gasteiger charge is -2.12. The van der Waals surface area contributed by atoms with Gasteiger partial charge in [0.25, 0.3) is 5.91 Å². The van der Waals surface area contributed by atoms with Crippen molar-refractivity contribution < 1.29 is 4.79 Å². The number of aromatic nitrogens is 1. The van der Waals surface area contributed by atoms with Gasteiger partial charge in [0.15, 0.2) is 0 Å². The number of carbonyl (C=O) groups is 1. The fraction of sp³-hybridized carbons (Fsp3) is 0.125. The van der Waals surface area contributed by atoms with E-state index in [0.29, 0.717) is 10.7 Å². The van der Waals surface area contributed by atoms with E-state index in [1.807, 2.05) is 48.5 Å². The fourth-order valence-electron chi connectivity index (χ4n) is 4.16. The first-order valence-corrected chi connectivity index (χ1v) is 9.81. The lowest BCUT2D eigenvalue weighted by atomic mass is 10.0. The molecular weight excluding hydrogens is 368 g/mol. The van der Waals surface area contributed by atoms with Crippen molar-refractivity contribution in [2.24, 2.45) is 0 Å². The maximum Gasteiger partial charge on any atom is 0.268 e. The van der Waals surface area contributed by atoms with Gasteiger partial charge in [-0.1, -0.05) is 66.2 Å². The lowest BCUT2D eigenvalue weighted by Crippen LogP contribution is -2.35. The number of halogens is 1. The summed E-state index contributed by atoms with van der Waals surface area (Å²) in [4.78, 5) is 16.5. The molecule has 28 heavy (non-hydrogen) atoms. The largest absolute Gasteiger partial charge is 0.350 e. The second-order valence-corrected chi connectivity index (χ2v) is 7.71. The Balaban J connectivity index is 1.53. The molecule has 3 aromatic carbocycles. The molecule has 5 rings (SSSR count). The van der Waals surface area contributed by atoms with Crippen molar-refractivity contribution in [3.8, 4) is 11.1 Å². The summed E-state index contributed by atoms with van der Waals surface area (Å²) in [6, 6.07) is 24.2. The predicted octanol–water partition coefficient (Wildman–Crippen LogP) is 5.39. The molecule has 4 heteroatoms. The topological polar surface area (TPSA) is 44.9 Å². The minimum atomic E-state index is -0.0796. The van der Waals surface area contributed by atoms with Gasteiger partial charge in [0, 0.05) is 27.5 Å². The third kappa shape index (κ3) is 2.98. The van der Waals surface area contributed by atoms with Crippen LogP contribution in [0.25, 0.3) is 22.0 Å². The van der Waals surface area contributed by atoms with Crippen LogP contribution in [-0.4, -0.2) is 16.9 Å². The van der Waals surface area contributed by atoms with Crippen LogP contribution >= 0.6 is 11.6 Å². The lowest BCUT2D eigenvalue weighted by molar-refractivity contribution is 0.0935. The zero-order valence-electron chi connectivity index (χ0n) is 15.2. The van der Waals surface area contributed by atoms with Crippen LogP contribution in [-0.2, 0) is 12.8 Å². The Bertz CT molecular complexity index is 1150. The molecule has 0 atom stereocenters. The Kier molecular flexibility index (Phi) is 4.18. The molecule has 138 valence electrons. The molecule has 1 aliphatic rings. The van der Waals surface area contributed by atoms with E-state index in [1.54, 1.807) is 0 Å². The molecule has 0 spiro atoms. The predicted molar refractivity (Wildman–Crippen MR) is 114 cm³/mol. The highest BCUT2D eigenvalue weighted by Crippen LogP contribution is 2.34. The second-order valence-electron chi connectivity index (χ2n) is 7.28. The maximum atomic E-state index is 13.2. The average molecular weight is 387 g/mol. The van der Waals surface area contributed by atoms with Gasteiger partial charge in [0.1, 0.15) is 5.69 Å². The molecule has 0 aliphatic heterocycles. The van der Waals surface area contributed by atoms with Gasteiger partial charge in [0.05, 0.1) is 0 Å². The van der Waals surface area contributed by atoms with Crippen molar-refractivity contribution in [2.75, 3.05) is 0 Å². The normalized spacial score (nSPS) is 13.6. The second kappa shape index (κ2) is 6.84. The molecule has 0 saturated carbocycles. The Morgan fingerprint density at radius 3 is 2.32 bits per heavy atom. The Labute approximate surface area is 168 Å². The average Bonchev–Trinajstić information content (AvgIpc) is 3.29. The van der Waals surface area contributed by atoms with Crippen LogP contribution in [0.1, 0.15) is 21.6 Å². The van der Waals surface area contributed by atoms with Crippen LogP contribution < -0.4 is 5.32 Å². The van der Waals surface area contributed by atoms with E-state index in [2.05, 4.69) is 34.6 Å². The van der Waals surface area contributed by atoms with Gasteiger partial charge in [-0.05, 0) is 47.7 Å². The Morgan fingerprint density at radius 1 is 0.929 bits per heavy atom. The fourth-order valence-corrected chi connectivity index (χ4v) is 4.33. The molecule has 0 fully saturated rings. The first kappa shape index (κ1) is 17.1. The molecule has 0 radical (unpaired) electrons. The Morgan fingerprint density at radius 2 is 1.61 bits per heavy atom. The number of hydrogen-bond acceptors (Lipinski definition) is 1. The SMILES string of the molecule is O=C(NC1Cc2ccccc2C1)c1[nH]c2ccc(Cl)cc2c1-c1ccccc1. The molecule has 1 amide bonds. The van der Waals surface area contributed by atoms with E-state index >= 15 is 0 Å². The van der Waals surface area contributed by atoms with Gasteiger partial charge in [-0.2, -0.15) is 0 Å². The summed E-state index contributed by atoms with van der Waals surface area (Å²) in [6.45, 7) is 0. The monoisotopic (exact) mass is 386 g/mol. The van der Waals surface area contributed by atoms with E-state index in [1.165, 1.54) is 11.1 Å². The van der Waals surface area contributed by atoms with Gasteiger partial charge in [-0.3, -0.25) is 4.79 Å². The van der Waals surface area contributed by atoms with Crippen molar-refractivity contribution >= 4 is 28.4 Å². The van der Waals surface area contributed by atoms with Crippen LogP contribution in [0, 0.1) is 0 Å². The zero-order valence-corrected chi connectivity index (χ0v) is 16.0. The molecular formula is C24H19ClN2O. The van der Waals surface area contributed by atoms with Gasteiger partial charge >= 0.3 is 0 Å². The highest BCUT2D eigenvalue weighted by molar-refractivity contribution is 6.31. The first-order valence-electron chi connectivity index (χ1n) is 9.43. The molecule has 0 saturated heterocycles. The van der Waals surface area contributed by atoms with Crippen LogP contribution in [0.5, 0.6) is 0 Å². The highest BCUT2D eigenvalue weighted by Gasteiger charge is 2.25. The summed E-state index contributed by atoms with van der Waals surface area (Å²) in [5.74, 6) is -0.0796. The minimum Gasteiger partial charge on any atom is -0.350 e. The van der Waals surface area contributed by atoms with Crippen LogP contribution in [0.3, 0.4) is 0 Å². The molecule has 0 bridgehead atoms. The summed E-state index contributed by atoms with van der Waals surface area (Å²) >= 11 is 6.24. The zero-order chi connectivity index (χ0) is 19.1. The standard InChI is InChI=1S/C24H19ClN2O/c25-18-10-11-21-20(14-18)22(15-6-2-1-3-7-15)23(27-21)24(28)26-19-12-16-8-4-5-9-17(16)13-19/h1-11,14,19,27H,12-13H2,(H,26,28). The van der Waals surface area contributed by atoms with E-state index < -0.39 is 0 Å². The molecule has 3 nitrogen and oxygen atoms in total. The molecule has 1 aliphatic carbocycles. The summed E-state index contributed by atoms with van der Waals surface area (Å²) in [5, 5.41) is 4.84. The Hall–Kier alpha value is -3.04. The molecule has 1 aromatic heterocycles. The van der Waals surface area contributed by atoms with Crippen molar-refractivity contribution in [2.45, 2.75) is 18.9 Å². The number of rotatable bonds is 3. The number of benzene rings is 3. The first-order chi connectivity index (χ1) is 13.7. The van der Waals surface area contributed by atoms with Crippen molar-refractivity contribution in [3.05, 3.63) is 94.6 Å². The number of aromatic amines is 1. The molecule has 4 aromatic rings. The number of H-pyrrole nitrogens is 1. The van der Waals surface area contributed by atoms with Crippen LogP contribution in [0.4, 0.5) is 0 Å². The quantitative estimate of drug-likeness (QED) is 0.487. The maximum absolute atomic E-state index is 13.2. The third-order valence-corrected chi connectivity index (χ3v) is 5.67. The van der Waals surface area contributed by atoms with E-state index in [-0.39, 0.29) is 11.9 Å². The van der Waals surface area contributed by atoms with Crippen molar-refractivity contribution in [3.63, 3.8) is 0 Å². The number of amides is 1. The van der Waals surface area contributed by atoms with E-state index in [4.69, 9.17) is 11.6 Å². The minimum absolute atomic E-state index is 0.0796. The number of fused-ring (bicyclic) bond motifs is 2. The van der Waals surface area contributed by atoms with Gasteiger partial charge in [0.2, 0.25) is 0 Å². The van der Waals surface area contributed by atoms with E-state index in [9.17, 15) is 4.79 Å². The van der Waals surface area contributed by atoms with E-state index in [0.717, 1.165) is 34.9 Å². The molecule has 2 N–H and O–H groups in total. The summed E-state index contributed by atoms with van der Waals surface area (Å²) < 4.78 is 0. The summed E-state index contributed by atoms with van der Waals surface area (Å²) in [7, 11) is 0. The number of carbonyl (C=O) groups excluding carboxylic acids is 1. The number of hydrogen-bond donors (Lipinski definition) is 2. The smallest absolute Gasteiger partial charge is 0.268 e.